The molecule has 1 aromatic heterocycles. The van der Waals surface area contributed by atoms with Gasteiger partial charge in [-0.2, -0.15) is 5.10 Å². The first-order valence-electron chi connectivity index (χ1n) is 13.8. The van der Waals surface area contributed by atoms with Gasteiger partial charge in [-0.05, 0) is 80.8 Å². The van der Waals surface area contributed by atoms with Crippen molar-refractivity contribution in [3.63, 3.8) is 0 Å². The van der Waals surface area contributed by atoms with E-state index in [4.69, 9.17) is 4.99 Å². The molecule has 9 nitrogen and oxygen atoms in total. The fourth-order valence-electron chi connectivity index (χ4n) is 5.10. The van der Waals surface area contributed by atoms with E-state index in [0.29, 0.717) is 16.8 Å². The topological polar surface area (TPSA) is 112 Å². The lowest BCUT2D eigenvalue weighted by Crippen LogP contribution is -2.38. The Balaban J connectivity index is 1.16. The molecule has 1 saturated heterocycles. The highest BCUT2D eigenvalue weighted by atomic mass is 16.3. The van der Waals surface area contributed by atoms with Gasteiger partial charge in [-0.15, -0.1) is 0 Å². The number of anilines is 2. The summed E-state index contributed by atoms with van der Waals surface area (Å²) in [6.07, 6.45) is 7.64. The van der Waals surface area contributed by atoms with Crippen LogP contribution >= 0.6 is 0 Å². The number of piperidine rings is 1. The predicted molar refractivity (Wildman–Crippen MR) is 158 cm³/mol. The predicted octanol–water partition coefficient (Wildman–Crippen LogP) is 4.41. The molecule has 2 aliphatic rings. The van der Waals surface area contributed by atoms with Crippen molar-refractivity contribution in [2.45, 2.75) is 45.3 Å². The smallest absolute Gasteiger partial charge is 0.259 e. The van der Waals surface area contributed by atoms with Gasteiger partial charge in [0.05, 0.1) is 23.6 Å². The van der Waals surface area contributed by atoms with Crippen molar-refractivity contribution in [3.8, 4) is 0 Å². The van der Waals surface area contributed by atoms with Crippen LogP contribution in [0.15, 0.2) is 71.9 Å². The van der Waals surface area contributed by atoms with Gasteiger partial charge in [0.15, 0.2) is 0 Å². The molecule has 2 unspecified atom stereocenters. The molecule has 1 aliphatic carbocycles. The van der Waals surface area contributed by atoms with E-state index in [9.17, 15) is 14.7 Å². The zero-order chi connectivity index (χ0) is 28.2. The molecule has 0 radical (unpaired) electrons. The highest BCUT2D eigenvalue weighted by Crippen LogP contribution is 2.24. The minimum atomic E-state index is -0.208. The number of rotatable bonds is 6. The Bertz CT molecular complexity index is 1420. The normalized spacial score (nSPS) is 20.5. The zero-order valence-corrected chi connectivity index (χ0v) is 23.2. The third-order valence-electron chi connectivity index (χ3n) is 7.75. The van der Waals surface area contributed by atoms with E-state index in [-0.39, 0.29) is 29.9 Å². The first-order valence-corrected chi connectivity index (χ1v) is 13.8. The van der Waals surface area contributed by atoms with Crippen molar-refractivity contribution >= 4 is 34.6 Å². The maximum absolute atomic E-state index is 12.9. The number of nitrogens with zero attached hydrogens (tertiary/aromatic N) is 4. The van der Waals surface area contributed by atoms with Crippen molar-refractivity contribution in [2.75, 3.05) is 23.3 Å². The van der Waals surface area contributed by atoms with Crippen LogP contribution in [0.4, 0.5) is 17.1 Å². The van der Waals surface area contributed by atoms with Gasteiger partial charge in [0, 0.05) is 60.4 Å². The van der Waals surface area contributed by atoms with Crippen LogP contribution in [-0.2, 0) is 7.05 Å². The van der Waals surface area contributed by atoms with Crippen LogP contribution in [-0.4, -0.2) is 57.6 Å². The number of aliphatic imine (C=N–C) groups is 1. The van der Waals surface area contributed by atoms with E-state index >= 15 is 0 Å². The average Bonchev–Trinajstić information content (AvgIpc) is 3.29. The molecule has 2 atom stereocenters. The number of benzene rings is 2. The number of hydrogen-bond acceptors (Lipinski definition) is 6. The summed E-state index contributed by atoms with van der Waals surface area (Å²) in [4.78, 5) is 32.5. The van der Waals surface area contributed by atoms with Crippen molar-refractivity contribution in [1.29, 1.82) is 0 Å². The standard InChI is InChI=1S/C31H36N6O3/c1-20-18-25(35-30(39)22-4-11-26(12-5-22)37-16-14-27(38)15-17-37)10-13-29(20)33-23-6-8-24(9-7-23)34-31(40)28-19-32-36(3)21(28)2/h4-13,19-20,25,27,38H,14-18H2,1-3H3,(H,34,40)(H,35,39). The molecule has 2 amide bonds. The molecule has 3 aromatic rings. The first kappa shape index (κ1) is 27.3. The molecular weight excluding hydrogens is 504 g/mol. The van der Waals surface area contributed by atoms with Gasteiger partial charge in [-0.3, -0.25) is 19.3 Å². The fourth-order valence-corrected chi connectivity index (χ4v) is 5.10. The second-order valence-electron chi connectivity index (χ2n) is 10.6. The van der Waals surface area contributed by atoms with E-state index in [2.05, 4.69) is 27.6 Å². The number of aliphatic hydroxyl groups excluding tert-OH is 1. The minimum absolute atomic E-state index is 0.0711. The zero-order valence-electron chi connectivity index (χ0n) is 23.2. The van der Waals surface area contributed by atoms with Gasteiger partial charge < -0.3 is 20.6 Å². The number of carbonyl (C=O) groups excluding carboxylic acids is 2. The molecule has 1 fully saturated rings. The number of allylic oxidation sites excluding steroid dienone is 1. The molecule has 5 rings (SSSR count). The van der Waals surface area contributed by atoms with Crippen LogP contribution < -0.4 is 15.5 Å². The van der Waals surface area contributed by atoms with Gasteiger partial charge in [-0.25, -0.2) is 0 Å². The quantitative estimate of drug-likeness (QED) is 0.429. The maximum Gasteiger partial charge on any atom is 0.259 e. The Kier molecular flexibility index (Phi) is 8.11. The number of carbonyl (C=O) groups is 2. The van der Waals surface area contributed by atoms with Gasteiger partial charge in [0.2, 0.25) is 0 Å². The summed E-state index contributed by atoms with van der Waals surface area (Å²) in [5.74, 6) is -0.123. The van der Waals surface area contributed by atoms with E-state index in [0.717, 1.165) is 55.1 Å². The maximum atomic E-state index is 12.9. The molecule has 208 valence electrons. The van der Waals surface area contributed by atoms with Crippen LogP contribution in [0.5, 0.6) is 0 Å². The lowest BCUT2D eigenvalue weighted by molar-refractivity contribution is 0.0940. The minimum Gasteiger partial charge on any atom is -0.393 e. The van der Waals surface area contributed by atoms with E-state index in [1.54, 1.807) is 17.9 Å². The van der Waals surface area contributed by atoms with Crippen molar-refractivity contribution in [2.24, 2.45) is 18.0 Å². The highest BCUT2D eigenvalue weighted by Gasteiger charge is 2.22. The SMILES string of the molecule is Cc1c(C(=O)Nc2ccc(N=C3C=CC(NC(=O)c4ccc(N5CCC(O)CC5)cc4)CC3C)cc2)cnn1C. The van der Waals surface area contributed by atoms with Gasteiger partial charge in [0.25, 0.3) is 11.8 Å². The molecule has 0 saturated carbocycles. The molecule has 2 aromatic carbocycles. The second kappa shape index (κ2) is 11.9. The summed E-state index contributed by atoms with van der Waals surface area (Å²) >= 11 is 0. The lowest BCUT2D eigenvalue weighted by atomic mass is 9.90. The molecule has 0 spiro atoms. The Hall–Kier alpha value is -4.24. The third kappa shape index (κ3) is 6.31. The Morgan fingerprint density at radius 1 is 1.02 bits per heavy atom. The van der Waals surface area contributed by atoms with Crippen LogP contribution in [0.2, 0.25) is 0 Å². The van der Waals surface area contributed by atoms with Gasteiger partial charge in [-0.1, -0.05) is 13.0 Å². The third-order valence-corrected chi connectivity index (χ3v) is 7.75. The van der Waals surface area contributed by atoms with Gasteiger partial charge in [0.1, 0.15) is 0 Å². The number of aliphatic hydroxyl groups is 1. The monoisotopic (exact) mass is 540 g/mol. The summed E-state index contributed by atoms with van der Waals surface area (Å²) < 4.78 is 1.67. The highest BCUT2D eigenvalue weighted by molar-refractivity contribution is 6.05. The van der Waals surface area contributed by atoms with E-state index in [1.165, 1.54) is 0 Å². The van der Waals surface area contributed by atoms with Crippen LogP contribution in [0.25, 0.3) is 0 Å². The molecule has 3 N–H and O–H groups in total. The fraction of sp³-hybridized carbons (Fsp3) is 0.355. The summed E-state index contributed by atoms with van der Waals surface area (Å²) in [5.41, 5.74) is 5.50. The lowest BCUT2D eigenvalue weighted by Gasteiger charge is -2.31. The van der Waals surface area contributed by atoms with Crippen LogP contribution in [0, 0.1) is 12.8 Å². The summed E-state index contributed by atoms with van der Waals surface area (Å²) in [6, 6.07) is 15.0. The molecule has 1 aliphatic heterocycles. The van der Waals surface area contributed by atoms with Crippen molar-refractivity contribution in [3.05, 3.63) is 83.7 Å². The Morgan fingerprint density at radius 2 is 1.73 bits per heavy atom. The number of aryl methyl sites for hydroxylation is 1. The largest absolute Gasteiger partial charge is 0.393 e. The van der Waals surface area contributed by atoms with Crippen LogP contribution in [0.1, 0.15) is 52.6 Å². The summed E-state index contributed by atoms with van der Waals surface area (Å²) in [6.45, 7) is 5.62. The Morgan fingerprint density at radius 3 is 2.35 bits per heavy atom. The van der Waals surface area contributed by atoms with Crippen molar-refractivity contribution in [1.82, 2.24) is 15.1 Å². The molecule has 9 heteroatoms. The van der Waals surface area contributed by atoms with E-state index in [1.807, 2.05) is 67.6 Å². The van der Waals surface area contributed by atoms with Gasteiger partial charge >= 0.3 is 0 Å². The molecule has 2 heterocycles. The van der Waals surface area contributed by atoms with E-state index < -0.39 is 0 Å². The number of aromatic nitrogens is 2. The molecular formula is C31H36N6O3. The number of nitrogens with one attached hydrogen (secondary N) is 2. The van der Waals surface area contributed by atoms with Crippen molar-refractivity contribution < 1.29 is 14.7 Å². The van der Waals surface area contributed by atoms with Crippen LogP contribution in [0.3, 0.4) is 0 Å². The average molecular weight is 541 g/mol. The Labute approximate surface area is 234 Å². The number of amides is 2. The molecule has 0 bridgehead atoms. The molecule has 40 heavy (non-hydrogen) atoms. The second-order valence-corrected chi connectivity index (χ2v) is 10.6. The first-order chi connectivity index (χ1) is 19.3. The summed E-state index contributed by atoms with van der Waals surface area (Å²) in [7, 11) is 1.81. The summed E-state index contributed by atoms with van der Waals surface area (Å²) in [5, 5.41) is 19.9. The number of hydrogen-bond donors (Lipinski definition) is 3.